The van der Waals surface area contributed by atoms with Crippen LogP contribution >= 0.6 is 0 Å². The van der Waals surface area contributed by atoms with Crippen LogP contribution < -0.4 is 14.8 Å². The number of ketones is 2. The average Bonchev–Trinajstić information content (AvgIpc) is 3.03. The van der Waals surface area contributed by atoms with E-state index in [4.69, 9.17) is 9.47 Å². The fraction of sp³-hybridized carbons (Fsp3) is 0.152. The lowest BCUT2D eigenvalue weighted by Gasteiger charge is -2.33. The van der Waals surface area contributed by atoms with Gasteiger partial charge in [0.2, 0.25) is 5.78 Å². The molecule has 0 radical (unpaired) electrons. The zero-order valence-electron chi connectivity index (χ0n) is 23.2. The van der Waals surface area contributed by atoms with Crippen LogP contribution in [-0.2, 0) is 16.4 Å². The average molecular weight is 583 g/mol. The smallest absolute Gasteiger partial charge is 0.265 e. The van der Waals surface area contributed by atoms with Gasteiger partial charge in [-0.2, -0.15) is 0 Å². The molecule has 1 aliphatic heterocycles. The molecular weight excluding hydrogens is 552 g/mol. The zero-order chi connectivity index (χ0) is 29.7. The van der Waals surface area contributed by atoms with E-state index in [-0.39, 0.29) is 10.6 Å². The number of carbonyl (C=O) groups excluding carboxylic acids is 2. The highest BCUT2D eigenvalue weighted by Gasteiger charge is 2.41. The fourth-order valence-electron chi connectivity index (χ4n) is 4.90. The predicted octanol–water partition coefficient (Wildman–Crippen LogP) is 4.97. The van der Waals surface area contributed by atoms with E-state index in [1.165, 1.54) is 6.07 Å². The number of carbonyl (C=O) groups is 2. The van der Waals surface area contributed by atoms with Crippen LogP contribution in [0.25, 0.3) is 5.70 Å². The van der Waals surface area contributed by atoms with Crippen molar-refractivity contribution in [3.05, 3.63) is 131 Å². The number of Topliss-reactive ketones (excluding diaryl/α,β-unsaturated/α-hetero) is 2. The third-order valence-electron chi connectivity index (χ3n) is 7.01. The number of allylic oxidation sites excluding steroid dienone is 1. The molecule has 1 heterocycles. The normalized spacial score (nSPS) is 13.7. The quantitative estimate of drug-likeness (QED) is 0.249. The molecule has 0 fully saturated rings. The first kappa shape index (κ1) is 28.6. The third kappa shape index (κ3) is 5.64. The molecule has 4 aromatic rings. The molecule has 0 atom stereocenters. The van der Waals surface area contributed by atoms with Gasteiger partial charge in [0.25, 0.3) is 10.0 Å². The highest BCUT2D eigenvalue weighted by Crippen LogP contribution is 2.37. The largest absolute Gasteiger partial charge is 0.493 e. The molecule has 214 valence electrons. The summed E-state index contributed by atoms with van der Waals surface area (Å²) in [6, 6.07) is 29.0. The SMILES string of the molecule is COc1ccc(CCNC2=C(C(=O)c3ccccc3)N(CC(=O)c3ccccc3)S(=O)(=O)c3ccccc32)cc1OC. The van der Waals surface area contributed by atoms with Crippen LogP contribution in [0.2, 0.25) is 0 Å². The van der Waals surface area contributed by atoms with Crippen molar-refractivity contribution in [2.24, 2.45) is 0 Å². The van der Waals surface area contributed by atoms with E-state index in [2.05, 4.69) is 5.32 Å². The van der Waals surface area contributed by atoms with Gasteiger partial charge in [-0.05, 0) is 30.2 Å². The van der Waals surface area contributed by atoms with Gasteiger partial charge in [0.15, 0.2) is 17.3 Å². The number of hydrogen-bond acceptors (Lipinski definition) is 7. The monoisotopic (exact) mass is 582 g/mol. The lowest BCUT2D eigenvalue weighted by atomic mass is 10.0. The summed E-state index contributed by atoms with van der Waals surface area (Å²) in [5.74, 6) is 0.261. The van der Waals surface area contributed by atoms with Crippen LogP contribution in [0, 0.1) is 0 Å². The van der Waals surface area contributed by atoms with Gasteiger partial charge in [-0.3, -0.25) is 13.9 Å². The molecule has 5 rings (SSSR count). The Morgan fingerprint density at radius 3 is 2.05 bits per heavy atom. The van der Waals surface area contributed by atoms with Crippen LogP contribution in [-0.4, -0.2) is 51.6 Å². The van der Waals surface area contributed by atoms with Crippen molar-refractivity contribution in [1.82, 2.24) is 9.62 Å². The summed E-state index contributed by atoms with van der Waals surface area (Å²) in [6.07, 6.45) is 0.536. The molecule has 0 aromatic heterocycles. The molecule has 1 aliphatic rings. The second kappa shape index (κ2) is 12.3. The molecule has 0 amide bonds. The third-order valence-corrected chi connectivity index (χ3v) is 8.81. The van der Waals surface area contributed by atoms with Gasteiger partial charge in [-0.25, -0.2) is 8.42 Å². The molecule has 9 heteroatoms. The van der Waals surface area contributed by atoms with Crippen molar-refractivity contribution in [3.63, 3.8) is 0 Å². The predicted molar refractivity (Wildman–Crippen MR) is 160 cm³/mol. The van der Waals surface area contributed by atoms with Gasteiger partial charge >= 0.3 is 0 Å². The summed E-state index contributed by atoms with van der Waals surface area (Å²) >= 11 is 0. The standard InChI is InChI=1S/C33H30N2O6S/c1-40-28-18-17-23(21-29(28)41-2)19-20-34-31-26-15-9-10-16-30(26)42(38,39)35(22-27(36)24-11-5-3-6-12-24)32(31)33(37)25-13-7-4-8-14-25/h3-18,21,34H,19-20,22H2,1-2H3. The summed E-state index contributed by atoms with van der Waals surface area (Å²) in [5, 5.41) is 3.34. The Morgan fingerprint density at radius 1 is 0.762 bits per heavy atom. The van der Waals surface area contributed by atoms with Crippen molar-refractivity contribution in [3.8, 4) is 11.5 Å². The molecule has 1 N–H and O–H groups in total. The Labute approximate surface area is 245 Å². The molecule has 0 bridgehead atoms. The zero-order valence-corrected chi connectivity index (χ0v) is 24.1. The second-order valence-corrected chi connectivity index (χ2v) is 11.4. The van der Waals surface area contributed by atoms with E-state index in [0.29, 0.717) is 46.9 Å². The van der Waals surface area contributed by atoms with Crippen molar-refractivity contribution in [2.75, 3.05) is 27.3 Å². The molecule has 42 heavy (non-hydrogen) atoms. The fourth-order valence-corrected chi connectivity index (χ4v) is 6.54. The molecule has 0 aliphatic carbocycles. The van der Waals surface area contributed by atoms with Crippen LogP contribution in [0.4, 0.5) is 0 Å². The van der Waals surface area contributed by atoms with Gasteiger partial charge in [0.05, 0.1) is 31.4 Å². The van der Waals surface area contributed by atoms with Crippen LogP contribution in [0.1, 0.15) is 31.8 Å². The first-order valence-electron chi connectivity index (χ1n) is 13.3. The highest BCUT2D eigenvalue weighted by atomic mass is 32.2. The summed E-state index contributed by atoms with van der Waals surface area (Å²) in [6.45, 7) is -0.166. The van der Waals surface area contributed by atoms with Crippen molar-refractivity contribution in [1.29, 1.82) is 0 Å². The number of ether oxygens (including phenoxy) is 2. The maximum atomic E-state index is 14.1. The molecule has 0 spiro atoms. The topological polar surface area (TPSA) is 102 Å². The van der Waals surface area contributed by atoms with Crippen molar-refractivity contribution < 1.29 is 27.5 Å². The molecular formula is C33H30N2O6S. The maximum absolute atomic E-state index is 14.1. The Bertz CT molecular complexity index is 1750. The molecule has 0 unspecified atom stereocenters. The number of benzene rings is 4. The summed E-state index contributed by atoms with van der Waals surface area (Å²) < 4.78 is 39.7. The maximum Gasteiger partial charge on any atom is 0.265 e. The Morgan fingerprint density at radius 2 is 1.38 bits per heavy atom. The van der Waals surface area contributed by atoms with E-state index in [1.807, 2.05) is 18.2 Å². The first-order valence-corrected chi connectivity index (χ1v) is 14.8. The minimum atomic E-state index is -4.25. The summed E-state index contributed by atoms with van der Waals surface area (Å²) in [4.78, 5) is 27.4. The highest BCUT2D eigenvalue weighted by molar-refractivity contribution is 7.89. The Balaban J connectivity index is 1.59. The van der Waals surface area contributed by atoms with Crippen LogP contribution in [0.5, 0.6) is 11.5 Å². The van der Waals surface area contributed by atoms with Gasteiger partial charge in [-0.1, -0.05) is 84.9 Å². The van der Waals surface area contributed by atoms with Crippen molar-refractivity contribution in [2.45, 2.75) is 11.3 Å². The van der Waals surface area contributed by atoms with E-state index >= 15 is 0 Å². The van der Waals surface area contributed by atoms with E-state index in [0.717, 1.165) is 9.87 Å². The van der Waals surface area contributed by atoms with Crippen LogP contribution in [0.3, 0.4) is 0 Å². The molecule has 4 aromatic carbocycles. The lowest BCUT2D eigenvalue weighted by Crippen LogP contribution is -2.43. The van der Waals surface area contributed by atoms with E-state index in [1.54, 1.807) is 93.1 Å². The number of nitrogens with zero attached hydrogens (tertiary/aromatic N) is 1. The Kier molecular flexibility index (Phi) is 8.40. The number of hydrogen-bond donors (Lipinski definition) is 1. The number of rotatable bonds is 11. The van der Waals surface area contributed by atoms with Gasteiger partial charge < -0.3 is 14.8 Å². The van der Waals surface area contributed by atoms with Crippen molar-refractivity contribution >= 4 is 27.3 Å². The van der Waals surface area contributed by atoms with Gasteiger partial charge in [0, 0.05) is 23.2 Å². The second-order valence-electron chi connectivity index (χ2n) is 9.58. The minimum absolute atomic E-state index is 0.0177. The summed E-state index contributed by atoms with van der Waals surface area (Å²) in [5.41, 5.74) is 2.21. The van der Waals surface area contributed by atoms with E-state index < -0.39 is 28.1 Å². The van der Waals surface area contributed by atoms with Crippen LogP contribution in [0.15, 0.2) is 114 Å². The minimum Gasteiger partial charge on any atom is -0.493 e. The summed E-state index contributed by atoms with van der Waals surface area (Å²) in [7, 11) is -1.12. The lowest BCUT2D eigenvalue weighted by molar-refractivity contribution is 0.0958. The number of sulfonamides is 1. The molecule has 0 saturated carbocycles. The number of nitrogens with one attached hydrogen (secondary N) is 1. The van der Waals surface area contributed by atoms with Gasteiger partial charge in [-0.15, -0.1) is 0 Å². The Hall–Kier alpha value is -4.89. The number of fused-ring (bicyclic) bond motifs is 1. The number of methoxy groups -OCH3 is 2. The van der Waals surface area contributed by atoms with Gasteiger partial charge in [0.1, 0.15) is 5.70 Å². The molecule has 0 saturated heterocycles. The molecule has 8 nitrogen and oxygen atoms in total. The van der Waals surface area contributed by atoms with E-state index in [9.17, 15) is 18.0 Å². The first-order chi connectivity index (χ1) is 20.3.